The summed E-state index contributed by atoms with van der Waals surface area (Å²) in [5.41, 5.74) is 1.46. The molecule has 2 aliphatic heterocycles. The number of piperazine rings is 1. The van der Waals surface area contributed by atoms with Gasteiger partial charge in [0.25, 0.3) is 5.91 Å². The molecule has 0 N–H and O–H groups in total. The Labute approximate surface area is 186 Å². The summed E-state index contributed by atoms with van der Waals surface area (Å²) in [5, 5.41) is 0. The summed E-state index contributed by atoms with van der Waals surface area (Å²) >= 11 is 0. The molecule has 0 aliphatic carbocycles. The summed E-state index contributed by atoms with van der Waals surface area (Å²) in [6.45, 7) is 5.34. The molecule has 1 atom stereocenters. The number of para-hydroxylation sites is 2. The summed E-state index contributed by atoms with van der Waals surface area (Å²) in [6.07, 6.45) is 1.83. The average Bonchev–Trinajstić information content (AvgIpc) is 3.50. The van der Waals surface area contributed by atoms with Crippen molar-refractivity contribution in [2.24, 2.45) is 0 Å². The number of amides is 1. The second-order valence-electron chi connectivity index (χ2n) is 8.04. The number of oxazole rings is 1. The van der Waals surface area contributed by atoms with Gasteiger partial charge in [-0.15, -0.1) is 0 Å². The molecule has 3 aromatic rings. The van der Waals surface area contributed by atoms with Gasteiger partial charge in [0.1, 0.15) is 29.7 Å². The standard InChI is InChI=1S/C24H27N3O5/c28-23(22-6-3-16-30-22)27-13-11-26(12-14-27)15-17-29-18-7-9-19(10-8-18)31-24-25-20-4-1-2-5-21(20)32-24/h1-2,4-5,7-10,22H,3,6,11-17H2. The molecule has 8 nitrogen and oxygen atoms in total. The molecular weight excluding hydrogens is 410 g/mol. The van der Waals surface area contributed by atoms with E-state index in [1.807, 2.05) is 53.4 Å². The van der Waals surface area contributed by atoms with Gasteiger partial charge in [0.05, 0.1) is 0 Å². The number of ether oxygens (including phenoxy) is 3. The van der Waals surface area contributed by atoms with Crippen LogP contribution in [0.25, 0.3) is 11.1 Å². The van der Waals surface area contributed by atoms with Crippen LogP contribution < -0.4 is 9.47 Å². The molecule has 0 radical (unpaired) electrons. The predicted octanol–water partition coefficient (Wildman–Crippen LogP) is 3.32. The van der Waals surface area contributed by atoms with Crippen molar-refractivity contribution in [2.45, 2.75) is 18.9 Å². The minimum Gasteiger partial charge on any atom is -0.492 e. The van der Waals surface area contributed by atoms with Gasteiger partial charge in [0.2, 0.25) is 0 Å². The fraction of sp³-hybridized carbons (Fsp3) is 0.417. The molecule has 1 amide bonds. The third-order valence-corrected chi connectivity index (χ3v) is 5.87. The fourth-order valence-electron chi connectivity index (χ4n) is 4.06. The lowest BCUT2D eigenvalue weighted by molar-refractivity contribution is -0.142. The molecule has 168 valence electrons. The van der Waals surface area contributed by atoms with Crippen molar-refractivity contribution < 1.29 is 23.4 Å². The smallest absolute Gasteiger partial charge is 0.400 e. The second-order valence-corrected chi connectivity index (χ2v) is 8.04. The van der Waals surface area contributed by atoms with Crippen LogP contribution in [0, 0.1) is 0 Å². The molecule has 3 heterocycles. The summed E-state index contributed by atoms with van der Waals surface area (Å²) in [7, 11) is 0. The summed E-state index contributed by atoms with van der Waals surface area (Å²) in [5.74, 6) is 1.57. The van der Waals surface area contributed by atoms with Crippen LogP contribution in [0.2, 0.25) is 0 Å². The van der Waals surface area contributed by atoms with Gasteiger partial charge in [0, 0.05) is 39.3 Å². The van der Waals surface area contributed by atoms with Gasteiger partial charge in [-0.1, -0.05) is 12.1 Å². The van der Waals surface area contributed by atoms with E-state index >= 15 is 0 Å². The number of aromatic nitrogens is 1. The molecule has 2 fully saturated rings. The van der Waals surface area contributed by atoms with E-state index in [1.54, 1.807) is 0 Å². The Morgan fingerprint density at radius 3 is 2.56 bits per heavy atom. The lowest BCUT2D eigenvalue weighted by Gasteiger charge is -2.35. The number of rotatable bonds is 7. The zero-order valence-electron chi connectivity index (χ0n) is 17.9. The lowest BCUT2D eigenvalue weighted by Crippen LogP contribution is -2.52. The molecule has 2 aliphatic rings. The van der Waals surface area contributed by atoms with E-state index in [1.165, 1.54) is 0 Å². The van der Waals surface area contributed by atoms with Crippen molar-refractivity contribution in [1.29, 1.82) is 0 Å². The number of benzene rings is 2. The van der Waals surface area contributed by atoms with E-state index in [9.17, 15) is 4.79 Å². The molecule has 2 aromatic carbocycles. The molecule has 32 heavy (non-hydrogen) atoms. The van der Waals surface area contributed by atoms with Crippen LogP contribution in [-0.2, 0) is 9.53 Å². The first-order valence-corrected chi connectivity index (χ1v) is 11.1. The van der Waals surface area contributed by atoms with E-state index in [4.69, 9.17) is 18.6 Å². The number of carbonyl (C=O) groups is 1. The SMILES string of the molecule is O=C(C1CCCO1)N1CCN(CCOc2ccc(Oc3nc4ccccc4o3)cc2)CC1. The first kappa shape index (κ1) is 20.8. The zero-order chi connectivity index (χ0) is 21.8. The van der Waals surface area contributed by atoms with Crippen molar-refractivity contribution in [1.82, 2.24) is 14.8 Å². The van der Waals surface area contributed by atoms with Gasteiger partial charge in [-0.05, 0) is 49.2 Å². The predicted molar refractivity (Wildman–Crippen MR) is 118 cm³/mol. The number of nitrogens with zero attached hydrogens (tertiary/aromatic N) is 3. The van der Waals surface area contributed by atoms with Gasteiger partial charge in [0.15, 0.2) is 5.58 Å². The van der Waals surface area contributed by atoms with Gasteiger partial charge in [-0.25, -0.2) is 0 Å². The van der Waals surface area contributed by atoms with Crippen LogP contribution >= 0.6 is 0 Å². The zero-order valence-corrected chi connectivity index (χ0v) is 17.9. The van der Waals surface area contributed by atoms with Crippen LogP contribution in [-0.4, -0.2) is 72.7 Å². The molecule has 1 unspecified atom stereocenters. The maximum Gasteiger partial charge on any atom is 0.400 e. The first-order valence-electron chi connectivity index (χ1n) is 11.1. The van der Waals surface area contributed by atoms with Crippen molar-refractivity contribution in [3.63, 3.8) is 0 Å². The molecule has 1 aromatic heterocycles. The Hall–Kier alpha value is -3.10. The van der Waals surface area contributed by atoms with Crippen molar-refractivity contribution in [3.05, 3.63) is 48.5 Å². The quantitative estimate of drug-likeness (QED) is 0.561. The monoisotopic (exact) mass is 437 g/mol. The molecular formula is C24H27N3O5. The normalized spacial score (nSPS) is 19.4. The minimum absolute atomic E-state index is 0.151. The third kappa shape index (κ3) is 4.87. The van der Waals surface area contributed by atoms with Crippen LogP contribution in [0.15, 0.2) is 52.9 Å². The highest BCUT2D eigenvalue weighted by molar-refractivity contribution is 5.81. The van der Waals surface area contributed by atoms with Gasteiger partial charge in [-0.3, -0.25) is 9.69 Å². The highest BCUT2D eigenvalue weighted by Gasteiger charge is 2.30. The highest BCUT2D eigenvalue weighted by atomic mass is 16.6. The molecule has 2 saturated heterocycles. The molecule has 0 spiro atoms. The van der Waals surface area contributed by atoms with Crippen LogP contribution in [0.1, 0.15) is 12.8 Å². The Morgan fingerprint density at radius 1 is 1.03 bits per heavy atom. The Balaban J connectivity index is 1.04. The Morgan fingerprint density at radius 2 is 1.81 bits per heavy atom. The van der Waals surface area contributed by atoms with E-state index in [0.717, 1.165) is 56.8 Å². The van der Waals surface area contributed by atoms with Crippen molar-refractivity contribution >= 4 is 17.0 Å². The number of carbonyl (C=O) groups excluding carboxylic acids is 1. The van der Waals surface area contributed by atoms with E-state index in [-0.39, 0.29) is 18.1 Å². The maximum absolute atomic E-state index is 12.4. The lowest BCUT2D eigenvalue weighted by atomic mass is 10.2. The molecule has 0 saturated carbocycles. The van der Waals surface area contributed by atoms with Gasteiger partial charge < -0.3 is 23.5 Å². The summed E-state index contributed by atoms with van der Waals surface area (Å²) < 4.78 is 22.7. The van der Waals surface area contributed by atoms with E-state index in [0.29, 0.717) is 24.5 Å². The Bertz CT molecular complexity index is 1000. The second kappa shape index (κ2) is 9.58. The van der Waals surface area contributed by atoms with Crippen molar-refractivity contribution in [3.8, 4) is 17.6 Å². The molecule has 0 bridgehead atoms. The van der Waals surface area contributed by atoms with Crippen LogP contribution in [0.5, 0.6) is 17.6 Å². The number of hydrogen-bond acceptors (Lipinski definition) is 7. The maximum atomic E-state index is 12.4. The highest BCUT2D eigenvalue weighted by Crippen LogP contribution is 2.26. The summed E-state index contributed by atoms with van der Waals surface area (Å²) in [4.78, 5) is 21.0. The number of hydrogen-bond donors (Lipinski definition) is 0. The first-order chi connectivity index (χ1) is 15.7. The van der Waals surface area contributed by atoms with Gasteiger partial charge in [-0.2, -0.15) is 4.98 Å². The number of fused-ring (bicyclic) bond motifs is 1. The third-order valence-electron chi connectivity index (χ3n) is 5.87. The average molecular weight is 437 g/mol. The van der Waals surface area contributed by atoms with E-state index in [2.05, 4.69) is 9.88 Å². The van der Waals surface area contributed by atoms with E-state index < -0.39 is 0 Å². The van der Waals surface area contributed by atoms with Crippen LogP contribution in [0.4, 0.5) is 0 Å². The fourth-order valence-corrected chi connectivity index (χ4v) is 4.06. The topological polar surface area (TPSA) is 77.3 Å². The van der Waals surface area contributed by atoms with Crippen LogP contribution in [0.3, 0.4) is 0 Å². The molecule has 8 heteroatoms. The molecule has 5 rings (SSSR count). The van der Waals surface area contributed by atoms with Gasteiger partial charge >= 0.3 is 6.08 Å². The largest absolute Gasteiger partial charge is 0.492 e. The minimum atomic E-state index is -0.223. The van der Waals surface area contributed by atoms with Crippen molar-refractivity contribution in [2.75, 3.05) is 45.9 Å². The Kier molecular flexibility index (Phi) is 6.22. The summed E-state index contributed by atoms with van der Waals surface area (Å²) in [6, 6.07) is 14.9.